The molecule has 1 aliphatic carbocycles. The third kappa shape index (κ3) is 6.25. The molecule has 1 atom stereocenters. The molecule has 0 fully saturated rings. The van der Waals surface area contributed by atoms with Gasteiger partial charge in [-0.1, -0.05) is 140 Å². The van der Waals surface area contributed by atoms with E-state index in [0.29, 0.717) is 0 Å². The number of hydrogen-bond donors (Lipinski definition) is 2. The molecule has 1 amide bonds. The van der Waals surface area contributed by atoms with Crippen LogP contribution in [0, 0.1) is 0 Å². The summed E-state index contributed by atoms with van der Waals surface area (Å²) in [6.07, 6.45) is -2.40. The number of carboxylic acids is 1. The smallest absolute Gasteiger partial charge is 0.480 e. The maximum atomic E-state index is 12.8. The van der Waals surface area contributed by atoms with Crippen LogP contribution in [0.25, 0.3) is 11.1 Å². The molecule has 2 N–H and O–H groups in total. The van der Waals surface area contributed by atoms with Crippen molar-refractivity contribution in [2.75, 3.05) is 12.4 Å². The minimum absolute atomic E-state index is 0.0339. The number of amides is 1. The number of nitrogens with one attached hydrogen (secondary N) is 1. The molecule has 5 aromatic carbocycles. The fraction of sp³-hybridized carbons (Fsp3) is 0.132. The largest absolute Gasteiger partial charge is 0.517 e. The monoisotopic (exact) mass is 629 g/mol. The molecule has 0 heterocycles. The van der Waals surface area contributed by atoms with Gasteiger partial charge in [0.15, 0.2) is 0 Å². The normalized spacial score (nSPS) is 12.8. The first-order chi connectivity index (χ1) is 22.5. The summed E-state index contributed by atoms with van der Waals surface area (Å²) in [6, 6.07) is 43.8. The predicted octanol–water partition coefficient (Wildman–Crippen LogP) is 7.84. The third-order valence-corrected chi connectivity index (χ3v) is 9.74. The summed E-state index contributed by atoms with van der Waals surface area (Å²) in [4.78, 5) is 37.8. The first-order valence-electron chi connectivity index (χ1n) is 14.8. The average molecular weight is 630 g/mol. The lowest BCUT2D eigenvalue weighted by atomic mass is 9.84. The van der Waals surface area contributed by atoms with Gasteiger partial charge in [-0.15, -0.1) is 11.8 Å². The molecule has 0 spiro atoms. The van der Waals surface area contributed by atoms with Gasteiger partial charge in [0.25, 0.3) is 0 Å². The zero-order valence-electron chi connectivity index (χ0n) is 24.7. The van der Waals surface area contributed by atoms with Crippen molar-refractivity contribution in [2.24, 2.45) is 0 Å². The lowest BCUT2D eigenvalue weighted by Gasteiger charge is -2.36. The molecule has 0 unspecified atom stereocenters. The standard InChI is InChI=1S/C38H31NO6S/c40-35(41)34(25-46-38(26-14-4-1-5-15-26,27-16-6-2-7-17-27)28-18-8-3-9-19-28)39-36(42)45-37(43)44-24-33-31-22-12-10-20-29(31)30-21-11-13-23-32(30)33/h1-23,33-34H,24-25H2,(H,39,42)(H,40,41)/t34-/m0/s1. The van der Waals surface area contributed by atoms with Gasteiger partial charge in [-0.25, -0.2) is 14.4 Å². The molecule has 6 rings (SSSR count). The van der Waals surface area contributed by atoms with Crippen LogP contribution in [-0.4, -0.2) is 41.7 Å². The summed E-state index contributed by atoms with van der Waals surface area (Å²) in [5.41, 5.74) is 7.01. The molecule has 8 heteroatoms. The van der Waals surface area contributed by atoms with Gasteiger partial charge in [-0.2, -0.15) is 0 Å². The molecule has 0 bridgehead atoms. The van der Waals surface area contributed by atoms with Crippen molar-refractivity contribution < 1.29 is 29.0 Å². The van der Waals surface area contributed by atoms with E-state index in [-0.39, 0.29) is 18.3 Å². The number of carbonyl (C=O) groups is 3. The summed E-state index contributed by atoms with van der Waals surface area (Å²) in [5, 5.41) is 12.4. The van der Waals surface area contributed by atoms with E-state index in [1.807, 2.05) is 140 Å². The van der Waals surface area contributed by atoms with E-state index < -0.39 is 29.0 Å². The highest BCUT2D eigenvalue weighted by molar-refractivity contribution is 8.00. The SMILES string of the molecule is O=C(N[C@@H](CSC(c1ccccc1)(c1ccccc1)c1ccccc1)C(=O)O)OC(=O)OCC1c2ccccc2-c2ccccc21. The lowest BCUT2D eigenvalue weighted by molar-refractivity contribution is -0.138. The minimum Gasteiger partial charge on any atom is -0.480 e. The van der Waals surface area contributed by atoms with E-state index in [2.05, 4.69) is 5.32 Å². The quantitative estimate of drug-likeness (QED) is 0.0922. The second kappa shape index (κ2) is 13.7. The van der Waals surface area contributed by atoms with Crippen molar-refractivity contribution >= 4 is 30.0 Å². The maximum Gasteiger partial charge on any atom is 0.517 e. The van der Waals surface area contributed by atoms with Crippen LogP contribution in [0.3, 0.4) is 0 Å². The van der Waals surface area contributed by atoms with Crippen molar-refractivity contribution in [2.45, 2.75) is 16.7 Å². The predicted molar refractivity (Wildman–Crippen MR) is 178 cm³/mol. The topological polar surface area (TPSA) is 102 Å². The Kier molecular flexibility index (Phi) is 9.17. The fourth-order valence-electron chi connectivity index (χ4n) is 6.02. The number of hydrogen-bond acceptors (Lipinski definition) is 6. The Morgan fingerprint density at radius 3 is 1.57 bits per heavy atom. The number of alkyl carbamates (subject to hydrolysis) is 1. The zero-order valence-corrected chi connectivity index (χ0v) is 25.6. The first-order valence-corrected chi connectivity index (χ1v) is 15.8. The molecule has 7 nitrogen and oxygen atoms in total. The molecule has 0 aliphatic heterocycles. The van der Waals surface area contributed by atoms with Gasteiger partial charge in [-0.3, -0.25) is 0 Å². The average Bonchev–Trinajstić information content (AvgIpc) is 3.42. The van der Waals surface area contributed by atoms with Gasteiger partial charge in [0.05, 0.1) is 4.75 Å². The van der Waals surface area contributed by atoms with Gasteiger partial charge < -0.3 is 19.9 Å². The highest BCUT2D eigenvalue weighted by atomic mass is 32.2. The maximum absolute atomic E-state index is 12.8. The van der Waals surface area contributed by atoms with E-state index in [0.717, 1.165) is 38.9 Å². The number of ether oxygens (including phenoxy) is 2. The molecule has 5 aromatic rings. The van der Waals surface area contributed by atoms with Gasteiger partial charge in [0.1, 0.15) is 12.6 Å². The number of rotatable bonds is 10. The molecule has 0 saturated heterocycles. The van der Waals surface area contributed by atoms with Crippen molar-refractivity contribution in [3.63, 3.8) is 0 Å². The Labute approximate surface area is 271 Å². The molecule has 1 aliphatic rings. The van der Waals surface area contributed by atoms with Crippen LogP contribution < -0.4 is 5.32 Å². The zero-order chi connectivity index (χ0) is 31.9. The van der Waals surface area contributed by atoms with Crippen LogP contribution in [0.4, 0.5) is 9.59 Å². The number of benzene rings is 5. The number of aliphatic carboxylic acids is 1. The molecular weight excluding hydrogens is 598 g/mol. The molecule has 0 radical (unpaired) electrons. The Morgan fingerprint density at radius 2 is 1.11 bits per heavy atom. The second-order valence-corrected chi connectivity index (χ2v) is 12.0. The van der Waals surface area contributed by atoms with E-state index in [4.69, 9.17) is 9.47 Å². The van der Waals surface area contributed by atoms with Gasteiger partial charge in [0.2, 0.25) is 0 Å². The summed E-state index contributed by atoms with van der Waals surface area (Å²) in [5.74, 6) is -1.51. The van der Waals surface area contributed by atoms with Crippen LogP contribution in [0.1, 0.15) is 33.7 Å². The number of fused-ring (bicyclic) bond motifs is 3. The van der Waals surface area contributed by atoms with Crippen LogP contribution in [-0.2, 0) is 19.0 Å². The minimum atomic E-state index is -1.37. The van der Waals surface area contributed by atoms with Crippen LogP contribution >= 0.6 is 11.8 Å². The van der Waals surface area contributed by atoms with Crippen molar-refractivity contribution in [1.29, 1.82) is 0 Å². The summed E-state index contributed by atoms with van der Waals surface area (Å²) >= 11 is 1.37. The Hall–Kier alpha value is -5.34. The van der Waals surface area contributed by atoms with Gasteiger partial charge >= 0.3 is 18.2 Å². The Morgan fingerprint density at radius 1 is 0.674 bits per heavy atom. The van der Waals surface area contributed by atoms with Gasteiger partial charge in [0, 0.05) is 11.7 Å². The molecular formula is C38H31NO6S. The molecule has 0 aromatic heterocycles. The van der Waals surface area contributed by atoms with Gasteiger partial charge in [-0.05, 0) is 38.9 Å². The van der Waals surface area contributed by atoms with E-state index in [1.165, 1.54) is 11.8 Å². The highest BCUT2D eigenvalue weighted by Gasteiger charge is 2.39. The number of carboxylic acid groups (broad SMARTS) is 1. The second-order valence-electron chi connectivity index (χ2n) is 10.8. The molecule has 46 heavy (non-hydrogen) atoms. The van der Waals surface area contributed by atoms with Crippen LogP contribution in [0.15, 0.2) is 140 Å². The van der Waals surface area contributed by atoms with E-state index in [1.54, 1.807) is 0 Å². The van der Waals surface area contributed by atoms with Crippen LogP contribution in [0.2, 0.25) is 0 Å². The van der Waals surface area contributed by atoms with Crippen molar-refractivity contribution in [3.8, 4) is 11.1 Å². The number of thioether (sulfide) groups is 1. The lowest BCUT2D eigenvalue weighted by Crippen LogP contribution is -2.44. The third-order valence-electron chi connectivity index (χ3n) is 8.10. The van der Waals surface area contributed by atoms with E-state index in [9.17, 15) is 19.5 Å². The molecule has 230 valence electrons. The highest BCUT2D eigenvalue weighted by Crippen LogP contribution is 2.49. The Bertz CT molecular complexity index is 1690. The molecule has 0 saturated carbocycles. The summed E-state index contributed by atoms with van der Waals surface area (Å²) in [7, 11) is 0. The summed E-state index contributed by atoms with van der Waals surface area (Å²) in [6.45, 7) is -0.0356. The Balaban J connectivity index is 1.16. The number of carbonyl (C=O) groups excluding carboxylic acids is 2. The van der Waals surface area contributed by atoms with E-state index >= 15 is 0 Å². The fourth-order valence-corrected chi connectivity index (χ4v) is 7.57. The summed E-state index contributed by atoms with van der Waals surface area (Å²) < 4.78 is 9.44. The van der Waals surface area contributed by atoms with Crippen molar-refractivity contribution in [3.05, 3.63) is 167 Å². The van der Waals surface area contributed by atoms with Crippen molar-refractivity contribution in [1.82, 2.24) is 5.32 Å². The first kappa shape index (κ1) is 30.7. The van der Waals surface area contributed by atoms with Crippen LogP contribution in [0.5, 0.6) is 0 Å².